The van der Waals surface area contributed by atoms with Crippen molar-refractivity contribution in [3.05, 3.63) is 46.6 Å². The Morgan fingerprint density at radius 2 is 2.00 bits per heavy atom. The number of benzene rings is 1. The molecule has 1 amide bonds. The Balaban J connectivity index is 1.55. The first-order chi connectivity index (χ1) is 12.2. The van der Waals surface area contributed by atoms with Gasteiger partial charge in [-0.1, -0.05) is 47.8 Å². The molecule has 1 aliphatic carbocycles. The van der Waals surface area contributed by atoms with Gasteiger partial charge in [0.1, 0.15) is 5.82 Å². The summed E-state index contributed by atoms with van der Waals surface area (Å²) in [6, 6.07) is 10.7. The zero-order chi connectivity index (χ0) is 17.6. The van der Waals surface area contributed by atoms with Crippen LogP contribution in [0.2, 0.25) is 0 Å². The van der Waals surface area contributed by atoms with Gasteiger partial charge in [0.05, 0.1) is 18.8 Å². The number of nitrogens with one attached hydrogen (secondary N) is 2. The summed E-state index contributed by atoms with van der Waals surface area (Å²) >= 11 is 3.45. The standard InChI is InChI=1S/C19H25BrN4O/c1-2-17(14-7-9-15(20)10-8-14)21-13-19(25)23-18-11-12-22-24(18)16-5-3-4-6-16/h7-12,16-17,21H,2-6,13H2,1H3,(H,23,25)/t17-/m0/s1. The Morgan fingerprint density at radius 1 is 1.28 bits per heavy atom. The van der Waals surface area contributed by atoms with Crippen molar-refractivity contribution in [3.63, 3.8) is 0 Å². The van der Waals surface area contributed by atoms with Crippen LogP contribution in [0.15, 0.2) is 41.0 Å². The molecule has 25 heavy (non-hydrogen) atoms. The van der Waals surface area contributed by atoms with Gasteiger partial charge < -0.3 is 10.6 Å². The molecule has 1 aromatic heterocycles. The Morgan fingerprint density at radius 3 is 2.68 bits per heavy atom. The highest BCUT2D eigenvalue weighted by molar-refractivity contribution is 9.10. The molecule has 6 heteroatoms. The summed E-state index contributed by atoms with van der Waals surface area (Å²) < 4.78 is 3.03. The van der Waals surface area contributed by atoms with Gasteiger partial charge in [-0.15, -0.1) is 0 Å². The molecule has 1 aliphatic rings. The average molecular weight is 405 g/mol. The predicted molar refractivity (Wildman–Crippen MR) is 104 cm³/mol. The summed E-state index contributed by atoms with van der Waals surface area (Å²) in [4.78, 5) is 12.4. The molecule has 1 fully saturated rings. The summed E-state index contributed by atoms with van der Waals surface area (Å²) in [5.41, 5.74) is 1.19. The summed E-state index contributed by atoms with van der Waals surface area (Å²) in [5, 5.41) is 10.7. The van der Waals surface area contributed by atoms with E-state index in [0.29, 0.717) is 6.04 Å². The molecule has 1 heterocycles. The minimum Gasteiger partial charge on any atom is -0.310 e. The normalized spacial score (nSPS) is 16.1. The molecule has 1 saturated carbocycles. The summed E-state index contributed by atoms with van der Waals surface area (Å²) in [6.45, 7) is 2.40. The maximum atomic E-state index is 12.4. The average Bonchev–Trinajstić information content (AvgIpc) is 3.28. The Labute approximate surface area is 157 Å². The van der Waals surface area contributed by atoms with Crippen LogP contribution in [-0.2, 0) is 4.79 Å². The van der Waals surface area contributed by atoms with E-state index in [1.54, 1.807) is 6.20 Å². The number of anilines is 1. The van der Waals surface area contributed by atoms with E-state index in [-0.39, 0.29) is 18.5 Å². The van der Waals surface area contributed by atoms with E-state index in [1.165, 1.54) is 18.4 Å². The summed E-state index contributed by atoms with van der Waals surface area (Å²) in [6.07, 6.45) is 7.46. The zero-order valence-electron chi connectivity index (χ0n) is 14.5. The van der Waals surface area contributed by atoms with Crippen LogP contribution in [0.3, 0.4) is 0 Å². The van der Waals surface area contributed by atoms with E-state index in [1.807, 2.05) is 22.9 Å². The molecule has 2 aromatic rings. The van der Waals surface area contributed by atoms with Crippen molar-refractivity contribution in [2.24, 2.45) is 0 Å². The minimum absolute atomic E-state index is 0.0321. The van der Waals surface area contributed by atoms with Crippen LogP contribution in [0.4, 0.5) is 5.82 Å². The van der Waals surface area contributed by atoms with Gasteiger partial charge in [-0.05, 0) is 37.0 Å². The van der Waals surface area contributed by atoms with Gasteiger partial charge in [-0.2, -0.15) is 5.10 Å². The monoisotopic (exact) mass is 404 g/mol. The molecule has 1 aromatic carbocycles. The second-order valence-corrected chi connectivity index (χ2v) is 7.46. The second-order valence-electron chi connectivity index (χ2n) is 6.54. The molecule has 134 valence electrons. The molecule has 0 unspecified atom stereocenters. The quantitative estimate of drug-likeness (QED) is 0.716. The van der Waals surface area contributed by atoms with Crippen LogP contribution in [0.5, 0.6) is 0 Å². The third kappa shape index (κ3) is 4.70. The van der Waals surface area contributed by atoms with E-state index in [2.05, 4.69) is 50.7 Å². The van der Waals surface area contributed by atoms with E-state index >= 15 is 0 Å². The number of halogens is 1. The molecule has 3 rings (SSSR count). The highest BCUT2D eigenvalue weighted by atomic mass is 79.9. The van der Waals surface area contributed by atoms with Gasteiger partial charge in [-0.25, -0.2) is 4.68 Å². The lowest BCUT2D eigenvalue weighted by molar-refractivity contribution is -0.115. The van der Waals surface area contributed by atoms with Gasteiger partial charge in [0, 0.05) is 16.6 Å². The topological polar surface area (TPSA) is 59.0 Å². The number of amides is 1. The van der Waals surface area contributed by atoms with Crippen molar-refractivity contribution in [1.29, 1.82) is 0 Å². The van der Waals surface area contributed by atoms with Crippen LogP contribution >= 0.6 is 15.9 Å². The minimum atomic E-state index is -0.0321. The fourth-order valence-corrected chi connectivity index (χ4v) is 3.71. The highest BCUT2D eigenvalue weighted by Crippen LogP contribution is 2.31. The number of rotatable bonds is 7. The molecule has 2 N–H and O–H groups in total. The van der Waals surface area contributed by atoms with E-state index in [0.717, 1.165) is 29.6 Å². The second kappa shape index (κ2) is 8.63. The van der Waals surface area contributed by atoms with Crippen molar-refractivity contribution in [3.8, 4) is 0 Å². The summed E-state index contributed by atoms with van der Waals surface area (Å²) in [5.74, 6) is 0.769. The molecular weight excluding hydrogens is 380 g/mol. The number of carbonyl (C=O) groups excluding carboxylic acids is 1. The highest BCUT2D eigenvalue weighted by Gasteiger charge is 2.20. The van der Waals surface area contributed by atoms with Crippen molar-refractivity contribution >= 4 is 27.7 Å². The zero-order valence-corrected chi connectivity index (χ0v) is 16.1. The molecule has 0 spiro atoms. The third-order valence-electron chi connectivity index (χ3n) is 4.80. The first-order valence-electron chi connectivity index (χ1n) is 8.99. The van der Waals surface area contributed by atoms with Gasteiger partial charge >= 0.3 is 0 Å². The Hall–Kier alpha value is -1.66. The fourth-order valence-electron chi connectivity index (χ4n) is 3.45. The molecular formula is C19H25BrN4O. The van der Waals surface area contributed by atoms with Crippen molar-refractivity contribution in [2.75, 3.05) is 11.9 Å². The largest absolute Gasteiger partial charge is 0.310 e. The summed E-state index contributed by atoms with van der Waals surface area (Å²) in [7, 11) is 0. The van der Waals surface area contributed by atoms with Crippen LogP contribution in [0.25, 0.3) is 0 Å². The number of nitrogens with zero attached hydrogens (tertiary/aromatic N) is 2. The van der Waals surface area contributed by atoms with Crippen molar-refractivity contribution in [1.82, 2.24) is 15.1 Å². The molecule has 0 radical (unpaired) electrons. The van der Waals surface area contributed by atoms with Crippen LogP contribution < -0.4 is 10.6 Å². The molecule has 0 aliphatic heterocycles. The lowest BCUT2D eigenvalue weighted by Gasteiger charge is -2.18. The SMILES string of the molecule is CC[C@H](NCC(=O)Nc1ccnn1C1CCCC1)c1ccc(Br)cc1. The first-order valence-corrected chi connectivity index (χ1v) is 9.79. The van der Waals surface area contributed by atoms with Crippen LogP contribution in [0.1, 0.15) is 56.7 Å². The lowest BCUT2D eigenvalue weighted by Crippen LogP contribution is -2.31. The van der Waals surface area contributed by atoms with Gasteiger partial charge in [0.25, 0.3) is 0 Å². The van der Waals surface area contributed by atoms with Crippen molar-refractivity contribution in [2.45, 2.75) is 51.1 Å². The van der Waals surface area contributed by atoms with E-state index in [4.69, 9.17) is 0 Å². The maximum absolute atomic E-state index is 12.4. The molecule has 0 bridgehead atoms. The first kappa shape index (κ1) is 18.1. The van der Waals surface area contributed by atoms with Crippen LogP contribution in [0, 0.1) is 0 Å². The Kier molecular flexibility index (Phi) is 6.26. The molecule has 0 saturated heterocycles. The third-order valence-corrected chi connectivity index (χ3v) is 5.33. The number of aromatic nitrogens is 2. The molecule has 1 atom stereocenters. The van der Waals surface area contributed by atoms with E-state index < -0.39 is 0 Å². The predicted octanol–water partition coefficient (Wildman–Crippen LogP) is 4.44. The van der Waals surface area contributed by atoms with Crippen molar-refractivity contribution < 1.29 is 4.79 Å². The maximum Gasteiger partial charge on any atom is 0.239 e. The number of hydrogen-bond acceptors (Lipinski definition) is 3. The number of hydrogen-bond donors (Lipinski definition) is 2. The lowest BCUT2D eigenvalue weighted by atomic mass is 10.0. The number of carbonyl (C=O) groups is 1. The van der Waals surface area contributed by atoms with Gasteiger partial charge in [0.15, 0.2) is 0 Å². The van der Waals surface area contributed by atoms with Gasteiger partial charge in [-0.3, -0.25) is 4.79 Å². The van der Waals surface area contributed by atoms with E-state index in [9.17, 15) is 4.79 Å². The smallest absolute Gasteiger partial charge is 0.239 e. The molecule has 5 nitrogen and oxygen atoms in total. The fraction of sp³-hybridized carbons (Fsp3) is 0.474. The van der Waals surface area contributed by atoms with Gasteiger partial charge in [0.2, 0.25) is 5.91 Å². The van der Waals surface area contributed by atoms with Crippen LogP contribution in [-0.4, -0.2) is 22.2 Å². The Bertz CT molecular complexity index is 692.